The molecular weight excluding hydrogens is 322 g/mol. The number of rotatable bonds is 5. The lowest BCUT2D eigenvalue weighted by atomic mass is 10.2. The molecule has 0 spiro atoms. The van der Waals surface area contributed by atoms with E-state index in [2.05, 4.69) is 20.3 Å². The van der Waals surface area contributed by atoms with E-state index < -0.39 is 0 Å². The maximum atomic E-state index is 9.87. The van der Waals surface area contributed by atoms with Crippen molar-refractivity contribution in [3.8, 4) is 5.75 Å². The Kier molecular flexibility index (Phi) is 4.21. The zero-order chi connectivity index (χ0) is 17.2. The molecule has 8 nitrogen and oxygen atoms in total. The largest absolute Gasteiger partial charge is 0.508 e. The van der Waals surface area contributed by atoms with E-state index >= 15 is 0 Å². The zero-order valence-electron chi connectivity index (χ0n) is 13.5. The lowest BCUT2D eigenvalue weighted by Crippen LogP contribution is -2.14. The minimum Gasteiger partial charge on any atom is -0.508 e. The predicted molar refractivity (Wildman–Crippen MR) is 91.0 cm³/mol. The highest BCUT2D eigenvalue weighted by Crippen LogP contribution is 2.31. The van der Waals surface area contributed by atoms with Gasteiger partial charge in [0.25, 0.3) is 0 Å². The second-order valence-electron chi connectivity index (χ2n) is 6.00. The molecule has 1 fully saturated rings. The lowest BCUT2D eigenvalue weighted by molar-refractivity contribution is -0.0207. The summed E-state index contributed by atoms with van der Waals surface area (Å²) in [6, 6.07) is 7.15. The molecule has 0 bridgehead atoms. The van der Waals surface area contributed by atoms with Crippen molar-refractivity contribution < 1.29 is 14.9 Å². The highest BCUT2D eigenvalue weighted by molar-refractivity contribution is 5.82. The quantitative estimate of drug-likeness (QED) is 0.650. The first kappa shape index (κ1) is 15.8. The number of aromatic nitrogens is 4. The summed E-state index contributed by atoms with van der Waals surface area (Å²) in [6.45, 7) is 0.448. The minimum absolute atomic E-state index is 0.0193. The number of anilines is 1. The van der Waals surface area contributed by atoms with Gasteiger partial charge in [-0.25, -0.2) is 15.0 Å². The predicted octanol–water partition coefficient (Wildman–Crippen LogP) is 1.81. The number of ether oxygens (including phenoxy) is 1. The second kappa shape index (κ2) is 6.66. The summed E-state index contributed by atoms with van der Waals surface area (Å²) in [5, 5.41) is 22.3. The van der Waals surface area contributed by atoms with Crippen LogP contribution in [0.1, 0.15) is 24.6 Å². The molecule has 0 radical (unpaired) electrons. The number of hydrogen-bond acceptors (Lipinski definition) is 7. The molecule has 0 saturated carbocycles. The van der Waals surface area contributed by atoms with Crippen LogP contribution in [0.3, 0.4) is 0 Å². The highest BCUT2D eigenvalue weighted by atomic mass is 16.5. The van der Waals surface area contributed by atoms with E-state index in [1.165, 1.54) is 6.33 Å². The van der Waals surface area contributed by atoms with Gasteiger partial charge in [-0.2, -0.15) is 0 Å². The van der Waals surface area contributed by atoms with E-state index in [9.17, 15) is 10.2 Å². The van der Waals surface area contributed by atoms with Crippen molar-refractivity contribution in [1.29, 1.82) is 0 Å². The summed E-state index contributed by atoms with van der Waals surface area (Å²) < 4.78 is 7.68. The monoisotopic (exact) mass is 341 g/mol. The van der Waals surface area contributed by atoms with Gasteiger partial charge in [0.15, 0.2) is 17.0 Å². The van der Waals surface area contributed by atoms with Crippen LogP contribution in [-0.2, 0) is 11.3 Å². The van der Waals surface area contributed by atoms with Crippen molar-refractivity contribution in [3.63, 3.8) is 0 Å². The van der Waals surface area contributed by atoms with Crippen molar-refractivity contribution in [2.75, 3.05) is 11.9 Å². The Morgan fingerprint density at radius 1 is 1.20 bits per heavy atom. The molecule has 1 aromatic carbocycles. The average Bonchev–Trinajstić information content (AvgIpc) is 3.27. The molecule has 0 amide bonds. The highest BCUT2D eigenvalue weighted by Gasteiger charge is 2.27. The Morgan fingerprint density at radius 2 is 2.08 bits per heavy atom. The van der Waals surface area contributed by atoms with Crippen LogP contribution in [0, 0.1) is 0 Å². The molecule has 0 unspecified atom stereocenters. The van der Waals surface area contributed by atoms with Gasteiger partial charge in [-0.05, 0) is 18.9 Å². The number of fused-ring (bicyclic) bond motifs is 1. The van der Waals surface area contributed by atoms with Crippen LogP contribution in [0.4, 0.5) is 5.82 Å². The molecule has 4 rings (SSSR count). The second-order valence-corrected chi connectivity index (χ2v) is 6.00. The third kappa shape index (κ3) is 3.01. The topological polar surface area (TPSA) is 105 Å². The molecule has 25 heavy (non-hydrogen) atoms. The summed E-state index contributed by atoms with van der Waals surface area (Å²) in [6.07, 6.45) is 4.47. The van der Waals surface area contributed by atoms with Gasteiger partial charge in [-0.15, -0.1) is 0 Å². The van der Waals surface area contributed by atoms with E-state index in [4.69, 9.17) is 4.74 Å². The van der Waals surface area contributed by atoms with Gasteiger partial charge in [-0.3, -0.25) is 4.57 Å². The first-order chi connectivity index (χ1) is 12.3. The van der Waals surface area contributed by atoms with E-state index in [0.29, 0.717) is 23.5 Å². The number of para-hydroxylation sites is 1. The fourth-order valence-electron chi connectivity index (χ4n) is 3.06. The van der Waals surface area contributed by atoms with E-state index in [1.807, 2.05) is 16.7 Å². The Labute approximate surface area is 144 Å². The molecule has 3 aromatic rings. The number of aliphatic hydroxyl groups is 1. The number of phenols is 1. The molecular formula is C17H19N5O3. The standard InChI is InChI=1S/C17H19N5O3/c23-8-12-5-6-14(25-12)22-10-21-15-16(19-9-20-17(15)22)18-7-11-3-1-2-4-13(11)24/h1-4,9-10,12,14,23-24H,5-8H2,(H,18,19,20)/t12-,14+/m0/s1. The van der Waals surface area contributed by atoms with Crippen LogP contribution in [0.2, 0.25) is 0 Å². The van der Waals surface area contributed by atoms with Crippen molar-refractivity contribution in [2.24, 2.45) is 0 Å². The van der Waals surface area contributed by atoms with Crippen LogP contribution in [0.25, 0.3) is 11.2 Å². The van der Waals surface area contributed by atoms with Gasteiger partial charge >= 0.3 is 0 Å². The Hall–Kier alpha value is -2.71. The first-order valence-electron chi connectivity index (χ1n) is 8.21. The van der Waals surface area contributed by atoms with E-state index in [0.717, 1.165) is 18.4 Å². The average molecular weight is 341 g/mol. The number of nitrogens with one attached hydrogen (secondary N) is 1. The number of phenolic OH excluding ortho intramolecular Hbond substituents is 1. The van der Waals surface area contributed by atoms with Gasteiger partial charge < -0.3 is 20.3 Å². The number of benzene rings is 1. The molecule has 1 aliphatic heterocycles. The van der Waals surface area contributed by atoms with Crippen LogP contribution in [0.15, 0.2) is 36.9 Å². The Morgan fingerprint density at radius 3 is 2.88 bits per heavy atom. The van der Waals surface area contributed by atoms with Gasteiger partial charge in [0.05, 0.1) is 19.0 Å². The molecule has 8 heteroatoms. The summed E-state index contributed by atoms with van der Waals surface area (Å²) in [4.78, 5) is 13.0. The van der Waals surface area contributed by atoms with Crippen molar-refractivity contribution in [3.05, 3.63) is 42.5 Å². The minimum atomic E-state index is -0.178. The number of imidazole rings is 1. The maximum absolute atomic E-state index is 9.87. The Balaban J connectivity index is 1.58. The zero-order valence-corrected chi connectivity index (χ0v) is 13.5. The third-order valence-electron chi connectivity index (χ3n) is 4.40. The van der Waals surface area contributed by atoms with Crippen molar-refractivity contribution in [1.82, 2.24) is 19.5 Å². The molecule has 0 aliphatic carbocycles. The number of aliphatic hydroxyl groups excluding tert-OH is 1. The summed E-state index contributed by atoms with van der Waals surface area (Å²) in [5.74, 6) is 0.837. The lowest BCUT2D eigenvalue weighted by Gasteiger charge is -2.14. The third-order valence-corrected chi connectivity index (χ3v) is 4.40. The summed E-state index contributed by atoms with van der Waals surface area (Å²) in [7, 11) is 0. The Bertz CT molecular complexity index is 882. The molecule has 2 aromatic heterocycles. The van der Waals surface area contributed by atoms with Gasteiger partial charge in [-0.1, -0.05) is 18.2 Å². The van der Waals surface area contributed by atoms with Crippen LogP contribution >= 0.6 is 0 Å². The fourth-order valence-corrected chi connectivity index (χ4v) is 3.06. The van der Waals surface area contributed by atoms with E-state index in [1.54, 1.807) is 18.5 Å². The molecule has 3 N–H and O–H groups in total. The number of hydrogen-bond donors (Lipinski definition) is 3. The van der Waals surface area contributed by atoms with Crippen molar-refractivity contribution in [2.45, 2.75) is 31.7 Å². The van der Waals surface area contributed by atoms with Gasteiger partial charge in [0, 0.05) is 12.1 Å². The first-order valence-corrected chi connectivity index (χ1v) is 8.21. The molecule has 130 valence electrons. The van der Waals surface area contributed by atoms with Crippen LogP contribution < -0.4 is 5.32 Å². The van der Waals surface area contributed by atoms with Gasteiger partial charge in [0.2, 0.25) is 0 Å². The molecule has 2 atom stereocenters. The summed E-state index contributed by atoms with van der Waals surface area (Å²) in [5.41, 5.74) is 2.10. The molecule has 1 saturated heterocycles. The molecule has 3 heterocycles. The maximum Gasteiger partial charge on any atom is 0.167 e. The normalized spacial score (nSPS) is 20.2. The number of aromatic hydroxyl groups is 1. The number of nitrogens with zero attached hydrogens (tertiary/aromatic N) is 4. The van der Waals surface area contributed by atoms with E-state index in [-0.39, 0.29) is 24.7 Å². The fraction of sp³-hybridized carbons (Fsp3) is 0.353. The van der Waals surface area contributed by atoms with Crippen molar-refractivity contribution >= 4 is 17.0 Å². The smallest absolute Gasteiger partial charge is 0.167 e. The molecule has 1 aliphatic rings. The SMILES string of the molecule is OC[C@@H]1CC[C@H](n2cnc3c(NCc4ccccc4O)ncnc32)O1. The van der Waals surface area contributed by atoms with Crippen LogP contribution in [-0.4, -0.2) is 42.4 Å². The van der Waals surface area contributed by atoms with Gasteiger partial charge in [0.1, 0.15) is 18.3 Å². The summed E-state index contributed by atoms with van der Waals surface area (Å²) >= 11 is 0. The van der Waals surface area contributed by atoms with Crippen LogP contribution in [0.5, 0.6) is 5.75 Å².